The smallest absolute Gasteiger partial charge is 0.416 e. The van der Waals surface area contributed by atoms with Crippen LogP contribution in [0, 0.1) is 5.82 Å². The van der Waals surface area contributed by atoms with Gasteiger partial charge in [-0.3, -0.25) is 4.79 Å². The van der Waals surface area contributed by atoms with Gasteiger partial charge in [-0.25, -0.2) is 4.39 Å². The SMILES string of the molecule is O=C(/C=C/c1ccccc1C(F)(F)F)c1cc(F)ccc1O. The molecule has 0 unspecified atom stereocenters. The zero-order valence-corrected chi connectivity index (χ0v) is 11.1. The molecule has 0 aliphatic carbocycles. The molecule has 0 bridgehead atoms. The molecule has 2 rings (SSSR count). The van der Waals surface area contributed by atoms with Crippen molar-refractivity contribution < 1.29 is 27.5 Å². The van der Waals surface area contributed by atoms with Crippen LogP contribution < -0.4 is 0 Å². The number of ketones is 1. The number of benzene rings is 2. The summed E-state index contributed by atoms with van der Waals surface area (Å²) < 4.78 is 51.5. The first-order valence-electron chi connectivity index (χ1n) is 6.16. The van der Waals surface area contributed by atoms with Gasteiger partial charge in [0.1, 0.15) is 11.6 Å². The van der Waals surface area contributed by atoms with Gasteiger partial charge in [0.05, 0.1) is 11.1 Å². The zero-order chi connectivity index (χ0) is 16.3. The van der Waals surface area contributed by atoms with Crippen molar-refractivity contribution in [3.8, 4) is 5.75 Å². The fourth-order valence-electron chi connectivity index (χ4n) is 1.86. The van der Waals surface area contributed by atoms with Crippen molar-refractivity contribution in [1.29, 1.82) is 0 Å². The fourth-order valence-corrected chi connectivity index (χ4v) is 1.86. The average molecular weight is 310 g/mol. The lowest BCUT2D eigenvalue weighted by atomic mass is 10.0. The minimum atomic E-state index is -4.55. The lowest BCUT2D eigenvalue weighted by molar-refractivity contribution is -0.137. The van der Waals surface area contributed by atoms with Crippen LogP contribution in [0.5, 0.6) is 5.75 Å². The van der Waals surface area contributed by atoms with Crippen LogP contribution in [0.4, 0.5) is 17.6 Å². The topological polar surface area (TPSA) is 37.3 Å². The van der Waals surface area contributed by atoms with Gasteiger partial charge in [0.15, 0.2) is 5.78 Å². The van der Waals surface area contributed by atoms with Crippen LogP contribution in [0.2, 0.25) is 0 Å². The molecule has 0 aliphatic heterocycles. The highest BCUT2D eigenvalue weighted by molar-refractivity contribution is 6.08. The van der Waals surface area contributed by atoms with E-state index < -0.39 is 29.1 Å². The molecule has 0 fully saturated rings. The van der Waals surface area contributed by atoms with E-state index in [0.717, 1.165) is 36.4 Å². The van der Waals surface area contributed by atoms with Crippen molar-refractivity contribution in [2.45, 2.75) is 6.18 Å². The largest absolute Gasteiger partial charge is 0.507 e. The second-order valence-corrected chi connectivity index (χ2v) is 4.44. The molecule has 0 saturated carbocycles. The Morgan fingerprint density at radius 3 is 2.45 bits per heavy atom. The summed E-state index contributed by atoms with van der Waals surface area (Å²) in [6, 6.07) is 7.52. The molecule has 22 heavy (non-hydrogen) atoms. The summed E-state index contributed by atoms with van der Waals surface area (Å²) in [5.74, 6) is -1.97. The standard InChI is InChI=1S/C16H10F4O2/c17-11-6-8-15(22)12(9-11)14(21)7-5-10-3-1-2-4-13(10)16(18,19)20/h1-9,22H/b7-5+. The molecule has 0 atom stereocenters. The Balaban J connectivity index is 2.33. The molecule has 2 aromatic carbocycles. The molecule has 0 saturated heterocycles. The van der Waals surface area contributed by atoms with Crippen LogP contribution in [0.15, 0.2) is 48.5 Å². The second kappa shape index (κ2) is 6.01. The summed E-state index contributed by atoms with van der Waals surface area (Å²) in [7, 11) is 0. The van der Waals surface area contributed by atoms with Crippen molar-refractivity contribution in [3.05, 3.63) is 71.0 Å². The van der Waals surface area contributed by atoms with Crippen molar-refractivity contribution in [2.24, 2.45) is 0 Å². The van der Waals surface area contributed by atoms with E-state index >= 15 is 0 Å². The molecule has 2 aromatic rings. The van der Waals surface area contributed by atoms with E-state index in [2.05, 4.69) is 0 Å². The summed E-state index contributed by atoms with van der Waals surface area (Å²) in [5, 5.41) is 9.49. The quantitative estimate of drug-likeness (QED) is 0.517. The van der Waals surface area contributed by atoms with Gasteiger partial charge in [-0.2, -0.15) is 13.2 Å². The van der Waals surface area contributed by atoms with Crippen LogP contribution in [-0.4, -0.2) is 10.9 Å². The third kappa shape index (κ3) is 3.52. The Bertz CT molecular complexity index is 733. The second-order valence-electron chi connectivity index (χ2n) is 4.44. The molecule has 0 heterocycles. The van der Waals surface area contributed by atoms with Gasteiger partial charge in [0, 0.05) is 0 Å². The highest BCUT2D eigenvalue weighted by Crippen LogP contribution is 2.32. The third-order valence-corrected chi connectivity index (χ3v) is 2.90. The van der Waals surface area contributed by atoms with E-state index in [1.54, 1.807) is 0 Å². The third-order valence-electron chi connectivity index (χ3n) is 2.90. The molecule has 0 amide bonds. The molecule has 0 spiro atoms. The monoisotopic (exact) mass is 310 g/mol. The van der Waals surface area contributed by atoms with E-state index in [9.17, 15) is 27.5 Å². The van der Waals surface area contributed by atoms with Crippen molar-refractivity contribution in [1.82, 2.24) is 0 Å². The molecule has 114 valence electrons. The predicted molar refractivity (Wildman–Crippen MR) is 72.9 cm³/mol. The van der Waals surface area contributed by atoms with Gasteiger partial charge in [-0.15, -0.1) is 0 Å². The number of carbonyl (C=O) groups is 1. The Labute approximate surface area is 123 Å². The van der Waals surface area contributed by atoms with Crippen LogP contribution in [0.3, 0.4) is 0 Å². The number of hydrogen-bond acceptors (Lipinski definition) is 2. The van der Waals surface area contributed by atoms with E-state index in [-0.39, 0.29) is 11.1 Å². The maximum Gasteiger partial charge on any atom is 0.416 e. The number of allylic oxidation sites excluding steroid dienone is 1. The van der Waals surface area contributed by atoms with Crippen molar-refractivity contribution in [3.63, 3.8) is 0 Å². The summed E-state index contributed by atoms with van der Waals surface area (Å²) in [6.07, 6.45) is -2.71. The maximum absolute atomic E-state index is 13.1. The molecule has 0 radical (unpaired) electrons. The predicted octanol–water partition coefficient (Wildman–Crippen LogP) is 4.45. The first kappa shape index (κ1) is 15.8. The molecular formula is C16H10F4O2. The number of halogens is 4. The van der Waals surface area contributed by atoms with Gasteiger partial charge < -0.3 is 5.11 Å². The highest BCUT2D eigenvalue weighted by Gasteiger charge is 2.32. The summed E-state index contributed by atoms with van der Waals surface area (Å²) in [5.41, 5.74) is -1.40. The lowest BCUT2D eigenvalue weighted by Gasteiger charge is -2.09. The number of alkyl halides is 3. The Morgan fingerprint density at radius 1 is 1.09 bits per heavy atom. The maximum atomic E-state index is 13.1. The first-order valence-corrected chi connectivity index (χ1v) is 6.16. The van der Waals surface area contributed by atoms with Crippen molar-refractivity contribution in [2.75, 3.05) is 0 Å². The number of rotatable bonds is 3. The molecule has 0 aliphatic rings. The van der Waals surface area contributed by atoms with Crippen LogP contribution in [-0.2, 0) is 6.18 Å². The van der Waals surface area contributed by atoms with E-state index in [1.807, 2.05) is 0 Å². The number of phenolic OH excluding ortho intramolecular Hbond substituents is 1. The van der Waals surface area contributed by atoms with E-state index in [0.29, 0.717) is 0 Å². The van der Waals surface area contributed by atoms with E-state index in [4.69, 9.17) is 0 Å². The van der Waals surface area contributed by atoms with E-state index in [1.165, 1.54) is 18.2 Å². The molecule has 6 heteroatoms. The van der Waals surface area contributed by atoms with Gasteiger partial charge >= 0.3 is 6.18 Å². The van der Waals surface area contributed by atoms with Crippen molar-refractivity contribution >= 4 is 11.9 Å². The average Bonchev–Trinajstić information content (AvgIpc) is 2.46. The van der Waals surface area contributed by atoms with Gasteiger partial charge in [-0.1, -0.05) is 24.3 Å². The number of phenols is 1. The molecule has 1 N–H and O–H groups in total. The fraction of sp³-hybridized carbons (Fsp3) is 0.0625. The zero-order valence-electron chi connectivity index (χ0n) is 11.1. The van der Waals surface area contributed by atoms with Gasteiger partial charge in [0.2, 0.25) is 0 Å². The number of aromatic hydroxyl groups is 1. The minimum absolute atomic E-state index is 0.195. The summed E-state index contributed by atoms with van der Waals surface area (Å²) >= 11 is 0. The van der Waals surface area contributed by atoms with Crippen LogP contribution >= 0.6 is 0 Å². The Morgan fingerprint density at radius 2 is 1.77 bits per heavy atom. The highest BCUT2D eigenvalue weighted by atomic mass is 19.4. The lowest BCUT2D eigenvalue weighted by Crippen LogP contribution is -2.07. The minimum Gasteiger partial charge on any atom is -0.507 e. The first-order chi connectivity index (χ1) is 10.3. The van der Waals surface area contributed by atoms with Gasteiger partial charge in [0.25, 0.3) is 0 Å². The Hall–Kier alpha value is -2.63. The molecule has 2 nitrogen and oxygen atoms in total. The van der Waals surface area contributed by atoms with Crippen LogP contribution in [0.1, 0.15) is 21.5 Å². The Kier molecular flexibility index (Phi) is 4.30. The van der Waals surface area contributed by atoms with Gasteiger partial charge in [-0.05, 0) is 35.9 Å². The normalized spacial score (nSPS) is 11.8. The molecular weight excluding hydrogens is 300 g/mol. The summed E-state index contributed by atoms with van der Waals surface area (Å²) in [4.78, 5) is 11.9. The van der Waals surface area contributed by atoms with Crippen LogP contribution in [0.25, 0.3) is 6.08 Å². The number of carbonyl (C=O) groups excluding carboxylic acids is 1. The number of hydrogen-bond donors (Lipinski definition) is 1. The molecule has 0 aromatic heterocycles. The summed E-state index contributed by atoms with van der Waals surface area (Å²) in [6.45, 7) is 0.